The average molecular weight is 444 g/mol. The zero-order chi connectivity index (χ0) is 21.2. The quantitative estimate of drug-likeness (QED) is 0.300. The van der Waals surface area contributed by atoms with Crippen molar-refractivity contribution in [3.8, 4) is 0 Å². The third-order valence-corrected chi connectivity index (χ3v) is 4.10. The molecule has 0 saturated carbocycles. The Labute approximate surface area is 210 Å². The molecule has 31 heavy (non-hydrogen) atoms. The van der Waals surface area contributed by atoms with Crippen LogP contribution in [-0.4, -0.2) is 75.0 Å². The minimum Gasteiger partial charge on any atom is -0.458 e. The molecule has 3 aromatic carbocycles. The second-order valence-electron chi connectivity index (χ2n) is 6.32. The smallest absolute Gasteiger partial charge is 0.338 e. The van der Waals surface area contributed by atoms with Gasteiger partial charge < -0.3 is 14.2 Å². The van der Waals surface area contributed by atoms with Gasteiger partial charge in [0, 0.05) is 37.7 Å². The molecule has 0 aliphatic rings. The van der Waals surface area contributed by atoms with E-state index in [1.165, 1.54) is 0 Å². The Morgan fingerprint density at radius 1 is 0.548 bits per heavy atom. The second-order valence-corrected chi connectivity index (χ2v) is 6.32. The number of rotatable bonds is 8. The predicted octanol–water partition coefficient (Wildman–Crippen LogP) is 3.55. The molecule has 0 aliphatic carbocycles. The molecule has 0 bridgehead atoms. The number of hydrogen-bond donors (Lipinski definition) is 0. The van der Waals surface area contributed by atoms with Gasteiger partial charge in [-0.25, -0.2) is 14.4 Å². The fraction of sp³-hybridized carbons (Fsp3) is 0.125. The largest absolute Gasteiger partial charge is 0.458 e. The van der Waals surface area contributed by atoms with Crippen LogP contribution in [0.15, 0.2) is 91.0 Å². The summed E-state index contributed by atoms with van der Waals surface area (Å²) in [5, 5.41) is 0. The van der Waals surface area contributed by atoms with Gasteiger partial charge in [0.05, 0.1) is 16.7 Å². The number of hydrogen-bond acceptors (Lipinski definition) is 6. The van der Waals surface area contributed by atoms with Crippen LogP contribution in [-0.2, 0) is 14.2 Å². The normalized spacial score (nSPS) is 9.97. The van der Waals surface area contributed by atoms with E-state index in [1.54, 1.807) is 91.0 Å². The van der Waals surface area contributed by atoms with E-state index < -0.39 is 24.0 Å². The van der Waals surface area contributed by atoms with Crippen molar-refractivity contribution >= 4 is 55.6 Å². The molecule has 0 fully saturated rings. The van der Waals surface area contributed by atoms with Crippen molar-refractivity contribution in [1.29, 1.82) is 0 Å². The summed E-state index contributed by atoms with van der Waals surface area (Å²) >= 11 is 0. The van der Waals surface area contributed by atoms with Crippen molar-refractivity contribution in [3.63, 3.8) is 0 Å². The van der Waals surface area contributed by atoms with E-state index in [4.69, 9.17) is 14.2 Å². The Hall–Kier alpha value is -2.67. The number of carbonyl (C=O) groups is 3. The van der Waals surface area contributed by atoms with E-state index in [0.717, 1.165) is 0 Å². The fourth-order valence-corrected chi connectivity index (χ4v) is 2.56. The Morgan fingerprint density at radius 2 is 0.871 bits per heavy atom. The van der Waals surface area contributed by atoms with E-state index >= 15 is 0 Å². The minimum absolute atomic E-state index is 0. The fourth-order valence-electron chi connectivity index (χ4n) is 2.56. The Morgan fingerprint density at radius 3 is 1.23 bits per heavy atom. The van der Waals surface area contributed by atoms with Gasteiger partial charge in [0.25, 0.3) is 0 Å². The van der Waals surface area contributed by atoms with E-state index in [1.807, 2.05) is 0 Å². The van der Waals surface area contributed by atoms with Crippen LogP contribution in [0.2, 0.25) is 0 Å². The summed E-state index contributed by atoms with van der Waals surface area (Å²) in [4.78, 5) is 36.8. The maximum atomic E-state index is 12.4. The van der Waals surface area contributed by atoms with Gasteiger partial charge in [-0.1, -0.05) is 54.6 Å². The molecule has 0 N–H and O–H groups in total. The van der Waals surface area contributed by atoms with Crippen molar-refractivity contribution in [3.05, 3.63) is 108 Å². The molecule has 0 aliphatic heterocycles. The molecule has 3 rings (SSSR count). The maximum absolute atomic E-state index is 12.4. The van der Waals surface area contributed by atoms with E-state index in [-0.39, 0.29) is 51.0 Å². The number of ether oxygens (including phenoxy) is 3. The summed E-state index contributed by atoms with van der Waals surface area (Å²) in [5.74, 6) is -1.73. The molecule has 2 radical (unpaired) electrons. The number of benzene rings is 3. The summed E-state index contributed by atoms with van der Waals surface area (Å²) in [6.07, 6.45) is -0.960. The molecule has 0 spiro atoms. The van der Waals surface area contributed by atoms with Crippen molar-refractivity contribution in [1.82, 2.24) is 0 Å². The van der Waals surface area contributed by atoms with Gasteiger partial charge in [-0.2, -0.15) is 0 Å². The molecular weight excluding hydrogens is 424 g/mol. The van der Waals surface area contributed by atoms with Crippen LogP contribution >= 0.6 is 0 Å². The average Bonchev–Trinajstić information content (AvgIpc) is 2.82. The van der Waals surface area contributed by atoms with Crippen LogP contribution in [0.3, 0.4) is 0 Å². The van der Waals surface area contributed by atoms with E-state index in [0.29, 0.717) is 16.7 Å². The van der Waals surface area contributed by atoms with Gasteiger partial charge in [-0.15, -0.1) is 0 Å². The Balaban J connectivity index is 0.00000341. The summed E-state index contributed by atoms with van der Waals surface area (Å²) < 4.78 is 15.9. The van der Waals surface area contributed by atoms with Gasteiger partial charge in [0.2, 0.25) is 0 Å². The zero-order valence-corrected chi connectivity index (χ0v) is 19.0. The molecule has 3 aromatic rings. The van der Waals surface area contributed by atoms with Crippen molar-refractivity contribution in [2.24, 2.45) is 0 Å². The number of carbonyl (C=O) groups excluding carboxylic acids is 3. The third-order valence-electron chi connectivity index (χ3n) is 4.10. The van der Waals surface area contributed by atoms with Crippen LogP contribution < -0.4 is 0 Å². The summed E-state index contributed by atoms with van der Waals surface area (Å²) in [5.41, 5.74) is 1.07. The molecule has 0 aromatic heterocycles. The molecule has 0 atom stereocenters. The first-order chi connectivity index (χ1) is 14.6. The van der Waals surface area contributed by atoms with Gasteiger partial charge in [0.1, 0.15) is 13.2 Å². The standard InChI is InChI=1S/C24H20O6.Ca/c25-22(18-10-4-1-5-11-18)28-16-21(30-24(27)20-14-8-3-9-15-20)17-29-23(26)19-12-6-2-7-13-19;/h1-15,21H,16-17H2;. The molecule has 0 amide bonds. The summed E-state index contributed by atoms with van der Waals surface area (Å²) in [7, 11) is 0. The van der Waals surface area contributed by atoms with Crippen LogP contribution in [0.4, 0.5) is 0 Å². The zero-order valence-electron chi connectivity index (χ0n) is 16.8. The predicted molar refractivity (Wildman–Crippen MR) is 115 cm³/mol. The molecule has 0 heterocycles. The summed E-state index contributed by atoms with van der Waals surface area (Å²) in [6, 6.07) is 25.3. The van der Waals surface area contributed by atoms with E-state index in [9.17, 15) is 14.4 Å². The van der Waals surface area contributed by atoms with Crippen molar-refractivity contribution in [2.45, 2.75) is 6.10 Å². The molecule has 6 nitrogen and oxygen atoms in total. The van der Waals surface area contributed by atoms with Crippen molar-refractivity contribution < 1.29 is 28.6 Å². The van der Waals surface area contributed by atoms with Crippen LogP contribution in [0.5, 0.6) is 0 Å². The van der Waals surface area contributed by atoms with Gasteiger partial charge >= 0.3 is 17.9 Å². The Bertz CT molecular complexity index is 921. The van der Waals surface area contributed by atoms with Gasteiger partial charge in [0.15, 0.2) is 6.10 Å². The number of esters is 3. The third kappa shape index (κ3) is 7.83. The van der Waals surface area contributed by atoms with Crippen LogP contribution in [0.1, 0.15) is 31.1 Å². The van der Waals surface area contributed by atoms with Crippen LogP contribution in [0.25, 0.3) is 0 Å². The molecule has 7 heteroatoms. The van der Waals surface area contributed by atoms with Gasteiger partial charge in [-0.3, -0.25) is 0 Å². The molecule has 0 saturated heterocycles. The summed E-state index contributed by atoms with van der Waals surface area (Å²) in [6.45, 7) is -0.511. The first kappa shape index (κ1) is 24.6. The first-order valence-electron chi connectivity index (χ1n) is 9.34. The topological polar surface area (TPSA) is 78.9 Å². The SMILES string of the molecule is O=C(OCC(COC(=O)c1ccccc1)OC(=O)c1ccccc1)c1ccccc1.[Ca]. The minimum atomic E-state index is -0.960. The molecular formula is C24H20CaO6. The Kier molecular flexibility index (Phi) is 10.2. The van der Waals surface area contributed by atoms with Crippen LogP contribution in [0, 0.1) is 0 Å². The van der Waals surface area contributed by atoms with Gasteiger partial charge in [-0.05, 0) is 36.4 Å². The first-order valence-corrected chi connectivity index (χ1v) is 9.34. The second kappa shape index (κ2) is 12.9. The molecule has 154 valence electrons. The molecule has 0 unspecified atom stereocenters. The maximum Gasteiger partial charge on any atom is 0.338 e. The van der Waals surface area contributed by atoms with Crippen molar-refractivity contribution in [2.75, 3.05) is 13.2 Å². The monoisotopic (exact) mass is 444 g/mol. The van der Waals surface area contributed by atoms with E-state index in [2.05, 4.69) is 0 Å².